The molecule has 1 unspecified atom stereocenters. The Bertz CT molecular complexity index is 733. The van der Waals surface area contributed by atoms with Crippen LogP contribution in [0.1, 0.15) is 19.8 Å². The van der Waals surface area contributed by atoms with Crippen LogP contribution in [0.15, 0.2) is 33.5 Å². The van der Waals surface area contributed by atoms with Crippen molar-refractivity contribution in [3.63, 3.8) is 0 Å². The number of carboxylic acid groups (broad SMARTS) is 1. The molecule has 0 spiro atoms. The molecule has 1 aliphatic rings. The van der Waals surface area contributed by atoms with Gasteiger partial charge in [0.05, 0.1) is 5.52 Å². The average Bonchev–Trinajstić information content (AvgIpc) is 2.97. The van der Waals surface area contributed by atoms with Crippen LogP contribution >= 0.6 is 0 Å². The van der Waals surface area contributed by atoms with E-state index in [1.54, 1.807) is 17.6 Å². The molecule has 0 radical (unpaired) electrons. The molecule has 2 aromatic rings. The largest absolute Gasteiger partial charge is 0.480 e. The summed E-state index contributed by atoms with van der Waals surface area (Å²) < 4.78 is 6.75. The quantitative estimate of drug-likeness (QED) is 0.924. The normalized spacial score (nSPS) is 22.9. The second kappa shape index (κ2) is 5.04. The van der Waals surface area contributed by atoms with E-state index in [1.807, 2.05) is 23.1 Å². The Labute approximate surface area is 121 Å². The third kappa shape index (κ3) is 2.25. The number of para-hydroxylation sites is 2. The van der Waals surface area contributed by atoms with E-state index >= 15 is 0 Å². The molecule has 2 heterocycles. The first-order chi connectivity index (χ1) is 10.0. The number of benzene rings is 1. The topological polar surface area (TPSA) is 75.7 Å². The third-order valence-electron chi connectivity index (χ3n) is 4.42. The summed E-state index contributed by atoms with van der Waals surface area (Å²) in [6.07, 6.45) is 1.51. The van der Waals surface area contributed by atoms with Gasteiger partial charge in [-0.25, -0.2) is 4.79 Å². The molecule has 1 atom stereocenters. The lowest BCUT2D eigenvalue weighted by molar-refractivity contribution is -0.148. The zero-order chi connectivity index (χ0) is 15.0. The van der Waals surface area contributed by atoms with Gasteiger partial charge in [-0.05, 0) is 38.4 Å². The Balaban J connectivity index is 1.82. The van der Waals surface area contributed by atoms with Gasteiger partial charge in [0.2, 0.25) is 0 Å². The second-order valence-electron chi connectivity index (χ2n) is 5.66. The number of likely N-dealkylation sites (tertiary alicyclic amines) is 1. The van der Waals surface area contributed by atoms with E-state index in [4.69, 9.17) is 4.42 Å². The van der Waals surface area contributed by atoms with E-state index in [9.17, 15) is 14.7 Å². The maximum absolute atomic E-state index is 11.9. The molecule has 1 fully saturated rings. The Morgan fingerprint density at radius 2 is 2.14 bits per heavy atom. The minimum Gasteiger partial charge on any atom is -0.480 e. The summed E-state index contributed by atoms with van der Waals surface area (Å²) in [7, 11) is 0. The number of carbonyl (C=O) groups is 1. The van der Waals surface area contributed by atoms with Gasteiger partial charge in [0.25, 0.3) is 0 Å². The van der Waals surface area contributed by atoms with Crippen molar-refractivity contribution in [3.05, 3.63) is 34.8 Å². The monoisotopic (exact) mass is 290 g/mol. The van der Waals surface area contributed by atoms with Crippen LogP contribution < -0.4 is 5.76 Å². The third-order valence-corrected chi connectivity index (χ3v) is 4.42. The molecule has 3 rings (SSSR count). The molecule has 1 aliphatic heterocycles. The lowest BCUT2D eigenvalue weighted by Crippen LogP contribution is -2.49. The number of carboxylic acids is 1. The number of oxazole rings is 1. The predicted octanol–water partition coefficient (Wildman–Crippen LogP) is 1.53. The lowest BCUT2D eigenvalue weighted by atomic mass is 9.99. The van der Waals surface area contributed by atoms with Crippen LogP contribution in [0.5, 0.6) is 0 Å². The fourth-order valence-corrected chi connectivity index (χ4v) is 3.07. The summed E-state index contributed by atoms with van der Waals surface area (Å²) in [5.74, 6) is -1.20. The Morgan fingerprint density at radius 1 is 1.38 bits per heavy atom. The molecule has 6 nitrogen and oxygen atoms in total. The van der Waals surface area contributed by atoms with Gasteiger partial charge in [-0.3, -0.25) is 14.3 Å². The van der Waals surface area contributed by atoms with Gasteiger partial charge in [-0.15, -0.1) is 0 Å². The molecular weight excluding hydrogens is 272 g/mol. The summed E-state index contributed by atoms with van der Waals surface area (Å²) in [5.41, 5.74) is 0.479. The standard InChI is InChI=1S/C15H18N2O4/c1-15(13(18)19)7-4-8-16(15)9-10-17-11-5-2-3-6-12(11)21-14(17)20/h2-3,5-6H,4,7-10H2,1H3,(H,18,19). The number of hydrogen-bond donors (Lipinski definition) is 1. The molecule has 0 amide bonds. The summed E-state index contributed by atoms with van der Waals surface area (Å²) in [6, 6.07) is 7.26. The number of aromatic nitrogens is 1. The Hall–Kier alpha value is -2.08. The number of rotatable bonds is 4. The predicted molar refractivity (Wildman–Crippen MR) is 77.3 cm³/mol. The van der Waals surface area contributed by atoms with E-state index in [1.165, 1.54) is 0 Å². The van der Waals surface area contributed by atoms with Gasteiger partial charge < -0.3 is 9.52 Å². The van der Waals surface area contributed by atoms with Crippen LogP contribution in [0.2, 0.25) is 0 Å². The van der Waals surface area contributed by atoms with Gasteiger partial charge in [0, 0.05) is 13.1 Å². The van der Waals surface area contributed by atoms with Crippen LogP contribution in [-0.2, 0) is 11.3 Å². The second-order valence-corrected chi connectivity index (χ2v) is 5.66. The van der Waals surface area contributed by atoms with Crippen LogP contribution in [0.3, 0.4) is 0 Å². The smallest absolute Gasteiger partial charge is 0.419 e. The molecule has 6 heteroatoms. The first-order valence-electron chi connectivity index (χ1n) is 7.09. The molecule has 1 aromatic carbocycles. The highest BCUT2D eigenvalue weighted by molar-refractivity contribution is 5.78. The van der Waals surface area contributed by atoms with E-state index in [0.29, 0.717) is 25.1 Å². The van der Waals surface area contributed by atoms with Crippen molar-refractivity contribution in [2.24, 2.45) is 0 Å². The van der Waals surface area contributed by atoms with Crippen molar-refractivity contribution < 1.29 is 14.3 Å². The van der Waals surface area contributed by atoms with E-state index in [0.717, 1.165) is 18.5 Å². The maximum atomic E-state index is 11.9. The van der Waals surface area contributed by atoms with Crippen molar-refractivity contribution in [3.8, 4) is 0 Å². The summed E-state index contributed by atoms with van der Waals surface area (Å²) >= 11 is 0. The number of aliphatic carboxylic acids is 1. The zero-order valence-corrected chi connectivity index (χ0v) is 11.9. The number of nitrogens with zero attached hydrogens (tertiary/aromatic N) is 2. The van der Waals surface area contributed by atoms with E-state index < -0.39 is 17.3 Å². The molecule has 0 saturated carbocycles. The lowest BCUT2D eigenvalue weighted by Gasteiger charge is -2.30. The highest BCUT2D eigenvalue weighted by Gasteiger charge is 2.42. The van der Waals surface area contributed by atoms with Gasteiger partial charge in [0.1, 0.15) is 5.54 Å². The van der Waals surface area contributed by atoms with E-state index in [2.05, 4.69) is 0 Å². The average molecular weight is 290 g/mol. The fourth-order valence-electron chi connectivity index (χ4n) is 3.07. The minimum atomic E-state index is -0.830. The van der Waals surface area contributed by atoms with Gasteiger partial charge in [-0.1, -0.05) is 12.1 Å². The molecule has 0 bridgehead atoms. The van der Waals surface area contributed by atoms with Crippen LogP contribution in [0.4, 0.5) is 0 Å². The van der Waals surface area contributed by atoms with Crippen LogP contribution in [0.25, 0.3) is 11.1 Å². The molecule has 1 aromatic heterocycles. The maximum Gasteiger partial charge on any atom is 0.419 e. The molecule has 0 aliphatic carbocycles. The molecule has 1 N–H and O–H groups in total. The fraction of sp³-hybridized carbons (Fsp3) is 0.467. The number of fused-ring (bicyclic) bond motifs is 1. The molecule has 21 heavy (non-hydrogen) atoms. The molecule has 112 valence electrons. The highest BCUT2D eigenvalue weighted by Crippen LogP contribution is 2.29. The van der Waals surface area contributed by atoms with Crippen molar-refractivity contribution in [2.45, 2.75) is 31.8 Å². The minimum absolute atomic E-state index is 0.396. The SMILES string of the molecule is CC1(C(=O)O)CCCN1CCn1c(=O)oc2ccccc21. The molecule has 1 saturated heterocycles. The summed E-state index contributed by atoms with van der Waals surface area (Å²) in [5, 5.41) is 9.40. The first kappa shape index (κ1) is 13.9. The van der Waals surface area contributed by atoms with Crippen LogP contribution in [0, 0.1) is 0 Å². The first-order valence-corrected chi connectivity index (χ1v) is 7.09. The van der Waals surface area contributed by atoms with Gasteiger partial charge >= 0.3 is 11.7 Å². The van der Waals surface area contributed by atoms with Crippen molar-refractivity contribution in [1.82, 2.24) is 9.47 Å². The Morgan fingerprint density at radius 3 is 2.90 bits per heavy atom. The number of hydrogen-bond acceptors (Lipinski definition) is 4. The molecular formula is C15H18N2O4. The van der Waals surface area contributed by atoms with Gasteiger partial charge in [0.15, 0.2) is 5.58 Å². The van der Waals surface area contributed by atoms with Crippen molar-refractivity contribution in [1.29, 1.82) is 0 Å². The van der Waals surface area contributed by atoms with Crippen LogP contribution in [-0.4, -0.2) is 39.2 Å². The zero-order valence-electron chi connectivity index (χ0n) is 11.9. The summed E-state index contributed by atoms with van der Waals surface area (Å²) in [4.78, 5) is 25.3. The van der Waals surface area contributed by atoms with E-state index in [-0.39, 0.29) is 0 Å². The van der Waals surface area contributed by atoms with Crippen molar-refractivity contribution >= 4 is 17.1 Å². The van der Waals surface area contributed by atoms with Crippen molar-refractivity contribution in [2.75, 3.05) is 13.1 Å². The highest BCUT2D eigenvalue weighted by atomic mass is 16.4. The summed E-state index contributed by atoms with van der Waals surface area (Å²) in [6.45, 7) is 3.44. The Kier molecular flexibility index (Phi) is 3.33. The van der Waals surface area contributed by atoms with Gasteiger partial charge in [-0.2, -0.15) is 0 Å².